The monoisotopic (exact) mass is 507 g/mol. The molecule has 1 aromatic carbocycles. The van der Waals surface area contributed by atoms with Crippen LogP contribution in [0.1, 0.15) is 24.8 Å². The van der Waals surface area contributed by atoms with Crippen molar-refractivity contribution in [1.29, 1.82) is 4.78 Å². The van der Waals surface area contributed by atoms with E-state index in [0.717, 1.165) is 0 Å². The summed E-state index contributed by atoms with van der Waals surface area (Å²) in [5.41, 5.74) is 2.68. The summed E-state index contributed by atoms with van der Waals surface area (Å²) >= 11 is 0. The minimum atomic E-state index is -5.60. The zero-order chi connectivity index (χ0) is 25.2. The van der Waals surface area contributed by atoms with Crippen LogP contribution in [0.2, 0.25) is 0 Å². The molecule has 186 valence electrons. The van der Waals surface area contributed by atoms with Gasteiger partial charge in [0.15, 0.2) is 0 Å². The Morgan fingerprint density at radius 2 is 1.74 bits per heavy atom. The Morgan fingerprint density at radius 1 is 1.12 bits per heavy atom. The van der Waals surface area contributed by atoms with Crippen LogP contribution in [-0.4, -0.2) is 50.4 Å². The van der Waals surface area contributed by atoms with Crippen molar-refractivity contribution in [2.75, 3.05) is 13.2 Å². The Bertz CT molecular complexity index is 1110. The maximum absolute atomic E-state index is 13.4. The average molecular weight is 507 g/mol. The average Bonchev–Trinajstić information content (AvgIpc) is 2.82. The first-order chi connectivity index (χ1) is 15.8. The third kappa shape index (κ3) is 4.91. The zero-order valence-corrected chi connectivity index (χ0v) is 18.5. The van der Waals surface area contributed by atoms with Crippen LogP contribution >= 0.6 is 0 Å². The number of ether oxygens (including phenoxy) is 1. The van der Waals surface area contributed by atoms with Crippen LogP contribution in [0, 0.1) is 4.78 Å². The highest BCUT2D eigenvalue weighted by Gasteiger charge is 2.56. The van der Waals surface area contributed by atoms with Crippen molar-refractivity contribution >= 4 is 15.6 Å². The Balaban J connectivity index is 1.78. The highest BCUT2D eigenvalue weighted by atomic mass is 32.2. The van der Waals surface area contributed by atoms with Crippen LogP contribution in [0.4, 0.5) is 22.0 Å². The van der Waals surface area contributed by atoms with Gasteiger partial charge in [-0.2, -0.15) is 22.0 Å². The van der Waals surface area contributed by atoms with Gasteiger partial charge in [-0.25, -0.2) is 14.5 Å². The van der Waals surface area contributed by atoms with Crippen LogP contribution in [0.25, 0.3) is 11.3 Å². The number of halogens is 5. The normalized spacial score (nSPS) is 18.2. The lowest BCUT2D eigenvalue weighted by atomic mass is 9.98. The third-order valence-electron chi connectivity index (χ3n) is 5.83. The van der Waals surface area contributed by atoms with Crippen LogP contribution in [0.15, 0.2) is 47.5 Å². The molecule has 3 rings (SSSR count). The number of carbonyl (C=O) groups is 1. The fourth-order valence-corrected chi connectivity index (χ4v) is 5.64. The maximum Gasteiger partial charge on any atom is 0.453 e. The molecule has 13 heteroatoms. The van der Waals surface area contributed by atoms with Crippen molar-refractivity contribution in [3.8, 4) is 11.3 Å². The molecule has 0 spiro atoms. The first kappa shape index (κ1) is 26.0. The van der Waals surface area contributed by atoms with Crippen LogP contribution in [-0.2, 0) is 25.7 Å². The summed E-state index contributed by atoms with van der Waals surface area (Å²) in [5, 5.41) is 9.14. The number of carbonyl (C=O) groups excluding carboxylic acids is 1. The molecule has 1 fully saturated rings. The van der Waals surface area contributed by atoms with E-state index in [-0.39, 0.29) is 36.5 Å². The summed E-state index contributed by atoms with van der Waals surface area (Å²) in [6.45, 7) is 0.187. The lowest BCUT2D eigenvalue weighted by Gasteiger charge is -2.36. The van der Waals surface area contributed by atoms with Crippen LogP contribution < -0.4 is 5.48 Å². The second kappa shape index (κ2) is 9.55. The lowest BCUT2D eigenvalue weighted by Crippen LogP contribution is -2.54. The number of alkyl halides is 5. The Hall–Kier alpha value is -2.64. The van der Waals surface area contributed by atoms with Gasteiger partial charge in [0.1, 0.15) is 4.75 Å². The van der Waals surface area contributed by atoms with Gasteiger partial charge in [0.05, 0.1) is 20.3 Å². The van der Waals surface area contributed by atoms with Gasteiger partial charge in [-0.3, -0.25) is 15.0 Å². The number of benzene rings is 1. The van der Waals surface area contributed by atoms with Gasteiger partial charge in [-0.15, -0.1) is 0 Å². The number of aryl methyl sites for hydroxylation is 1. The molecule has 1 amide bonds. The van der Waals surface area contributed by atoms with Gasteiger partial charge in [0.2, 0.25) is 0 Å². The molecule has 0 bridgehead atoms. The number of aromatic nitrogens is 1. The summed E-state index contributed by atoms with van der Waals surface area (Å²) in [6.07, 6.45) is -6.31. The predicted octanol–water partition coefficient (Wildman–Crippen LogP) is 4.34. The molecule has 34 heavy (non-hydrogen) atoms. The summed E-state index contributed by atoms with van der Waals surface area (Å²) in [7, 11) is -3.75. The molecule has 1 unspecified atom stereocenters. The number of amides is 1. The SMILES string of the molecule is N=S(=O)(c1ccc(-c2ccc(CCC(F)(F)C(F)(F)F)cc2)nc1)C1(C(=O)NO)CCOCC1. The highest BCUT2D eigenvalue weighted by molar-refractivity contribution is 7.94. The van der Waals surface area contributed by atoms with E-state index < -0.39 is 45.3 Å². The molecule has 0 aliphatic carbocycles. The molecule has 1 aliphatic rings. The minimum Gasteiger partial charge on any atom is -0.381 e. The van der Waals surface area contributed by atoms with E-state index in [1.54, 1.807) is 0 Å². The van der Waals surface area contributed by atoms with Gasteiger partial charge in [-0.05, 0) is 37.0 Å². The Morgan fingerprint density at radius 3 is 2.24 bits per heavy atom. The zero-order valence-electron chi connectivity index (χ0n) is 17.7. The van der Waals surface area contributed by atoms with Gasteiger partial charge in [0, 0.05) is 31.4 Å². The highest BCUT2D eigenvalue weighted by Crippen LogP contribution is 2.39. The smallest absolute Gasteiger partial charge is 0.381 e. The second-order valence-corrected chi connectivity index (χ2v) is 10.2. The summed E-state index contributed by atoms with van der Waals surface area (Å²) < 4.78 is 88.6. The van der Waals surface area contributed by atoms with E-state index in [1.165, 1.54) is 48.1 Å². The molecule has 1 aliphatic heterocycles. The van der Waals surface area contributed by atoms with Gasteiger partial charge >= 0.3 is 12.1 Å². The molecule has 0 saturated carbocycles. The van der Waals surface area contributed by atoms with Crippen molar-refractivity contribution in [2.45, 2.75) is 47.4 Å². The van der Waals surface area contributed by atoms with Crippen LogP contribution in [0.5, 0.6) is 0 Å². The number of hydrogen-bond acceptors (Lipinski definition) is 6. The molecular weight excluding hydrogens is 485 g/mol. The molecule has 3 N–H and O–H groups in total. The van der Waals surface area contributed by atoms with Crippen molar-refractivity contribution in [2.24, 2.45) is 0 Å². The lowest BCUT2D eigenvalue weighted by molar-refractivity contribution is -0.284. The first-order valence-corrected chi connectivity index (χ1v) is 11.7. The molecule has 1 aromatic heterocycles. The van der Waals surface area contributed by atoms with Gasteiger partial charge in [-0.1, -0.05) is 24.3 Å². The molecule has 1 atom stereocenters. The summed E-state index contributed by atoms with van der Waals surface area (Å²) in [4.78, 5) is 16.5. The van der Waals surface area contributed by atoms with Gasteiger partial charge in [0.25, 0.3) is 5.91 Å². The molecular formula is C21H22F5N3O4S. The van der Waals surface area contributed by atoms with E-state index in [4.69, 9.17) is 14.7 Å². The summed E-state index contributed by atoms with van der Waals surface area (Å²) in [5.74, 6) is -5.71. The predicted molar refractivity (Wildman–Crippen MR) is 111 cm³/mol. The minimum absolute atomic E-state index is 0.0206. The molecule has 0 radical (unpaired) electrons. The first-order valence-electron chi connectivity index (χ1n) is 10.1. The van der Waals surface area contributed by atoms with E-state index in [2.05, 4.69) is 4.98 Å². The summed E-state index contributed by atoms with van der Waals surface area (Å²) in [6, 6.07) is 8.65. The number of pyridine rings is 1. The molecule has 2 heterocycles. The van der Waals surface area contributed by atoms with Crippen molar-refractivity contribution in [1.82, 2.24) is 10.5 Å². The van der Waals surface area contributed by atoms with E-state index in [9.17, 15) is 31.0 Å². The number of nitrogens with zero attached hydrogens (tertiary/aromatic N) is 1. The largest absolute Gasteiger partial charge is 0.453 e. The molecule has 7 nitrogen and oxygen atoms in total. The van der Waals surface area contributed by atoms with Gasteiger partial charge < -0.3 is 4.74 Å². The topological polar surface area (TPSA) is 112 Å². The fourth-order valence-electron chi connectivity index (χ4n) is 3.68. The van der Waals surface area contributed by atoms with Crippen molar-refractivity contribution in [3.05, 3.63) is 48.2 Å². The Kier molecular flexibility index (Phi) is 7.29. The van der Waals surface area contributed by atoms with E-state index >= 15 is 0 Å². The Labute approximate surface area is 192 Å². The molecule has 1 saturated heterocycles. The quantitative estimate of drug-likeness (QED) is 0.293. The number of hydroxylamine groups is 1. The number of nitrogens with one attached hydrogen (secondary N) is 2. The van der Waals surface area contributed by atoms with Crippen molar-refractivity contribution < 1.29 is 40.9 Å². The second-order valence-electron chi connectivity index (χ2n) is 7.88. The maximum atomic E-state index is 13.4. The van der Waals surface area contributed by atoms with Crippen molar-refractivity contribution in [3.63, 3.8) is 0 Å². The fraction of sp³-hybridized carbons (Fsp3) is 0.429. The van der Waals surface area contributed by atoms with E-state index in [1.807, 2.05) is 0 Å². The molecule has 2 aromatic rings. The number of rotatable bonds is 7. The van der Waals surface area contributed by atoms with E-state index in [0.29, 0.717) is 11.3 Å². The third-order valence-corrected chi connectivity index (χ3v) is 8.43. The van der Waals surface area contributed by atoms with Crippen LogP contribution in [0.3, 0.4) is 0 Å². The number of hydrogen-bond donors (Lipinski definition) is 3. The standard InChI is InChI=1S/C21H22F5N3O4S/c22-20(23,21(24,25)26)8-7-14-1-3-15(4-2-14)17-6-5-16(13-28-17)34(27,32)19(18(30)29-31)9-11-33-12-10-19/h1-6,13,27,31H,7-12H2,(H,29,30).